The van der Waals surface area contributed by atoms with Crippen molar-refractivity contribution in [2.45, 2.75) is 18.3 Å². The highest BCUT2D eigenvalue weighted by atomic mass is 79.9. The molecule has 0 aliphatic carbocycles. The van der Waals surface area contributed by atoms with Crippen molar-refractivity contribution >= 4 is 39.3 Å². The largest absolute Gasteiger partial charge is 0.447 e. The van der Waals surface area contributed by atoms with E-state index in [0.717, 1.165) is 15.6 Å². The Hall–Kier alpha value is -2.45. The lowest BCUT2D eigenvalue weighted by Crippen LogP contribution is -2.36. The van der Waals surface area contributed by atoms with Crippen molar-refractivity contribution < 1.29 is 9.53 Å². The Balaban J connectivity index is 1.98. The molecule has 2 aromatic carbocycles. The first-order valence-electron chi connectivity index (χ1n) is 8.18. The highest BCUT2D eigenvalue weighted by molar-refractivity contribution is 9.10. The molecule has 1 amide bonds. The van der Waals surface area contributed by atoms with Gasteiger partial charge in [-0.15, -0.1) is 10.2 Å². The van der Waals surface area contributed by atoms with Crippen molar-refractivity contribution in [1.29, 1.82) is 0 Å². The fourth-order valence-electron chi connectivity index (χ4n) is 3.02. The van der Waals surface area contributed by atoms with Gasteiger partial charge in [-0.05, 0) is 24.5 Å². The minimum atomic E-state index is -0.672. The predicted octanol–water partition coefficient (Wildman–Crippen LogP) is 4.47. The first kappa shape index (κ1) is 17.9. The maximum Gasteiger partial charge on any atom is 0.247 e. The van der Waals surface area contributed by atoms with E-state index >= 15 is 0 Å². The van der Waals surface area contributed by atoms with Gasteiger partial charge in [0.1, 0.15) is 0 Å². The Labute approximate surface area is 169 Å². The number of carbonyl (C=O) groups is 1. The summed E-state index contributed by atoms with van der Waals surface area (Å²) in [5.74, 6) is 0.216. The number of benzene rings is 2. The SMILES string of the molecule is CSc1nnc2c(n1)O[C@@H](c1cccc(Br)c1)N(C(C)=O)c1ccccc1-2. The Morgan fingerprint density at radius 2 is 2.00 bits per heavy atom. The van der Waals surface area contributed by atoms with E-state index in [9.17, 15) is 4.79 Å². The van der Waals surface area contributed by atoms with Crippen LogP contribution in [-0.2, 0) is 4.79 Å². The predicted molar refractivity (Wildman–Crippen MR) is 108 cm³/mol. The second kappa shape index (κ2) is 7.28. The van der Waals surface area contributed by atoms with Gasteiger partial charge in [0.15, 0.2) is 5.69 Å². The number of carbonyl (C=O) groups excluding carboxylic acids is 1. The van der Waals surface area contributed by atoms with Gasteiger partial charge >= 0.3 is 0 Å². The standard InChI is InChI=1S/C19H15BrN4O2S/c1-11(25)24-15-9-4-3-8-14(15)16-17(21-19(27-2)23-22-16)26-18(24)12-6-5-7-13(20)10-12/h3-10,18H,1-2H3/t18-/m0/s1. The second-order valence-corrected chi connectivity index (χ2v) is 7.57. The molecule has 2 heterocycles. The smallest absolute Gasteiger partial charge is 0.247 e. The second-order valence-electron chi connectivity index (χ2n) is 5.88. The molecule has 3 aromatic rings. The molecule has 1 atom stereocenters. The van der Waals surface area contributed by atoms with Crippen LogP contribution in [0.2, 0.25) is 0 Å². The Bertz CT molecular complexity index is 1030. The molecule has 1 aliphatic heterocycles. The van der Waals surface area contributed by atoms with Crippen LogP contribution in [0.4, 0.5) is 5.69 Å². The number of hydrogen-bond donors (Lipinski definition) is 0. The van der Waals surface area contributed by atoms with Crippen LogP contribution in [0.1, 0.15) is 18.7 Å². The van der Waals surface area contributed by atoms with Gasteiger partial charge in [0.2, 0.25) is 23.2 Å². The maximum atomic E-state index is 12.6. The van der Waals surface area contributed by atoms with Crippen LogP contribution in [0.3, 0.4) is 0 Å². The molecule has 0 fully saturated rings. The molecule has 6 nitrogen and oxygen atoms in total. The molecule has 0 N–H and O–H groups in total. The topological polar surface area (TPSA) is 68.2 Å². The summed E-state index contributed by atoms with van der Waals surface area (Å²) in [6.45, 7) is 1.52. The van der Waals surface area contributed by atoms with Crippen molar-refractivity contribution in [1.82, 2.24) is 15.2 Å². The van der Waals surface area contributed by atoms with Crippen LogP contribution < -0.4 is 9.64 Å². The summed E-state index contributed by atoms with van der Waals surface area (Å²) < 4.78 is 7.15. The van der Waals surface area contributed by atoms with Gasteiger partial charge < -0.3 is 4.74 Å². The molecular weight excluding hydrogens is 428 g/mol. The number of anilines is 1. The van der Waals surface area contributed by atoms with Crippen molar-refractivity contribution in [2.75, 3.05) is 11.2 Å². The number of thioether (sulfide) groups is 1. The molecule has 0 bridgehead atoms. The summed E-state index contributed by atoms with van der Waals surface area (Å²) in [6.07, 6.45) is 1.20. The number of halogens is 1. The third kappa shape index (κ3) is 3.30. The molecule has 27 heavy (non-hydrogen) atoms. The van der Waals surface area contributed by atoms with Gasteiger partial charge in [-0.1, -0.05) is 58.0 Å². The van der Waals surface area contributed by atoms with Gasteiger partial charge in [-0.2, -0.15) is 4.98 Å². The highest BCUT2D eigenvalue weighted by Gasteiger charge is 2.34. The summed E-state index contributed by atoms with van der Waals surface area (Å²) in [5, 5.41) is 8.98. The maximum absolute atomic E-state index is 12.6. The fraction of sp³-hybridized carbons (Fsp3) is 0.158. The number of ether oxygens (including phenoxy) is 1. The lowest BCUT2D eigenvalue weighted by Gasteiger charge is -2.30. The molecule has 1 aromatic heterocycles. The van der Waals surface area contributed by atoms with Gasteiger partial charge in [-0.25, -0.2) is 0 Å². The zero-order chi connectivity index (χ0) is 19.0. The monoisotopic (exact) mass is 442 g/mol. The highest BCUT2D eigenvalue weighted by Crippen LogP contribution is 2.43. The Morgan fingerprint density at radius 3 is 2.74 bits per heavy atom. The number of nitrogens with zero attached hydrogens (tertiary/aromatic N) is 4. The van der Waals surface area contributed by atoms with Crippen LogP contribution in [0.15, 0.2) is 58.2 Å². The Kier molecular flexibility index (Phi) is 4.84. The lowest BCUT2D eigenvalue weighted by molar-refractivity contribution is -0.118. The van der Waals surface area contributed by atoms with E-state index in [1.165, 1.54) is 18.7 Å². The van der Waals surface area contributed by atoms with Crippen molar-refractivity contribution in [2.24, 2.45) is 0 Å². The van der Waals surface area contributed by atoms with Crippen LogP contribution in [0, 0.1) is 0 Å². The number of rotatable bonds is 2. The third-order valence-electron chi connectivity index (χ3n) is 4.17. The quantitative estimate of drug-likeness (QED) is 0.545. The first-order chi connectivity index (χ1) is 13.1. The molecule has 136 valence electrons. The van der Waals surface area contributed by atoms with E-state index in [2.05, 4.69) is 31.1 Å². The van der Waals surface area contributed by atoms with Crippen LogP contribution in [0.25, 0.3) is 11.3 Å². The lowest BCUT2D eigenvalue weighted by atomic mass is 10.1. The van der Waals surface area contributed by atoms with Crippen molar-refractivity contribution in [3.05, 3.63) is 58.6 Å². The number of fused-ring (bicyclic) bond motifs is 3. The Morgan fingerprint density at radius 1 is 1.19 bits per heavy atom. The van der Waals surface area contributed by atoms with Crippen molar-refractivity contribution in [3.8, 4) is 17.1 Å². The van der Waals surface area contributed by atoms with E-state index in [-0.39, 0.29) is 5.91 Å². The molecule has 0 saturated heterocycles. The van der Waals surface area contributed by atoms with Gasteiger partial charge in [0.25, 0.3) is 0 Å². The summed E-state index contributed by atoms with van der Waals surface area (Å²) in [5.41, 5.74) is 2.81. The summed E-state index contributed by atoms with van der Waals surface area (Å²) in [6, 6.07) is 15.2. The van der Waals surface area contributed by atoms with Gasteiger partial charge in [0.05, 0.1) is 5.69 Å². The molecule has 0 saturated carbocycles. The van der Waals surface area contributed by atoms with E-state index in [0.29, 0.717) is 22.4 Å². The molecule has 0 radical (unpaired) electrons. The molecule has 8 heteroatoms. The number of amides is 1. The van der Waals surface area contributed by atoms with E-state index < -0.39 is 6.23 Å². The van der Waals surface area contributed by atoms with E-state index in [4.69, 9.17) is 4.74 Å². The van der Waals surface area contributed by atoms with Gasteiger partial charge in [-0.3, -0.25) is 9.69 Å². The molecular formula is C19H15BrN4O2S. The van der Waals surface area contributed by atoms with Gasteiger partial charge in [0, 0.05) is 22.5 Å². The van der Waals surface area contributed by atoms with Crippen LogP contribution in [0.5, 0.6) is 5.88 Å². The first-order valence-corrected chi connectivity index (χ1v) is 10.2. The average molecular weight is 443 g/mol. The molecule has 0 unspecified atom stereocenters. The van der Waals surface area contributed by atoms with E-state index in [1.54, 1.807) is 4.90 Å². The minimum absolute atomic E-state index is 0.140. The number of hydrogen-bond acceptors (Lipinski definition) is 6. The normalized spacial score (nSPS) is 15.4. The summed E-state index contributed by atoms with van der Waals surface area (Å²) in [7, 11) is 0. The van der Waals surface area contributed by atoms with Crippen LogP contribution >= 0.6 is 27.7 Å². The zero-order valence-corrected chi connectivity index (χ0v) is 17.0. The zero-order valence-electron chi connectivity index (χ0n) is 14.6. The van der Waals surface area contributed by atoms with Crippen LogP contribution in [-0.4, -0.2) is 27.3 Å². The molecule has 4 rings (SSSR count). The van der Waals surface area contributed by atoms with Crippen molar-refractivity contribution in [3.63, 3.8) is 0 Å². The third-order valence-corrected chi connectivity index (χ3v) is 5.20. The fourth-order valence-corrected chi connectivity index (χ4v) is 3.73. The molecule has 0 spiro atoms. The number of aromatic nitrogens is 3. The summed E-state index contributed by atoms with van der Waals surface area (Å²) >= 11 is 4.87. The summed E-state index contributed by atoms with van der Waals surface area (Å²) in [4.78, 5) is 18.8. The molecule has 1 aliphatic rings. The minimum Gasteiger partial charge on any atom is -0.447 e. The number of para-hydroxylation sites is 1. The van der Waals surface area contributed by atoms with E-state index in [1.807, 2.05) is 54.8 Å². The average Bonchev–Trinajstić information content (AvgIpc) is 2.82.